The van der Waals surface area contributed by atoms with Crippen molar-refractivity contribution in [2.45, 2.75) is 31.1 Å². The highest BCUT2D eigenvalue weighted by Crippen LogP contribution is 2.37. The number of aromatic nitrogens is 1. The van der Waals surface area contributed by atoms with Crippen LogP contribution in [0.1, 0.15) is 29.7 Å². The van der Waals surface area contributed by atoms with Crippen molar-refractivity contribution >= 4 is 29.4 Å². The predicted octanol–water partition coefficient (Wildman–Crippen LogP) is 3.04. The van der Waals surface area contributed by atoms with E-state index in [9.17, 15) is 22.8 Å². The van der Waals surface area contributed by atoms with Crippen LogP contribution in [0.15, 0.2) is 66.1 Å². The Morgan fingerprint density at radius 1 is 1.28 bits per heavy atom. The molecule has 12 heteroatoms. The number of nitriles is 1. The predicted molar refractivity (Wildman–Crippen MR) is 127 cm³/mol. The van der Waals surface area contributed by atoms with Crippen molar-refractivity contribution in [3.8, 4) is 6.07 Å². The summed E-state index contributed by atoms with van der Waals surface area (Å²) >= 11 is 0. The summed E-state index contributed by atoms with van der Waals surface area (Å²) in [5.74, 6) is -0.949. The Morgan fingerprint density at radius 3 is 2.58 bits per heavy atom. The second-order valence-corrected chi connectivity index (χ2v) is 7.83. The van der Waals surface area contributed by atoms with E-state index in [-0.39, 0.29) is 29.1 Å². The summed E-state index contributed by atoms with van der Waals surface area (Å²) in [5, 5.41) is 16.9. The summed E-state index contributed by atoms with van der Waals surface area (Å²) in [7, 11) is 0. The Balaban J connectivity index is 1.61. The molecule has 1 saturated carbocycles. The zero-order valence-electron chi connectivity index (χ0n) is 18.9. The van der Waals surface area contributed by atoms with Crippen molar-refractivity contribution in [1.82, 2.24) is 15.6 Å². The number of hydrogen-bond donors (Lipinski definition) is 4. The molecule has 0 atom stereocenters. The maximum Gasteiger partial charge on any atom is 0.418 e. The standard InChI is InChI=1S/C24H22F3N7O2/c1-2-30-12-16(11-29)21(35)34-23(7-8-23)22(36)32-13-17-4-5-18(14-31-17)33-20-6-3-15(10-28)9-19(20)24(25,26)27/h2-6,9,11-12,14,33H,1,7-8,13,29H2,(H,32,36)(H,34,35)/b16-11+,30-12?. The highest BCUT2D eigenvalue weighted by atomic mass is 19.4. The van der Waals surface area contributed by atoms with Crippen molar-refractivity contribution in [2.24, 2.45) is 10.7 Å². The molecule has 1 heterocycles. The van der Waals surface area contributed by atoms with Crippen LogP contribution < -0.4 is 21.7 Å². The molecule has 1 aliphatic rings. The zero-order chi connectivity index (χ0) is 26.3. The quantitative estimate of drug-likeness (QED) is 0.310. The number of anilines is 2. The number of nitrogens with two attached hydrogens (primary N) is 1. The molecule has 186 valence electrons. The lowest BCUT2D eigenvalue weighted by atomic mass is 10.1. The number of rotatable bonds is 9. The number of nitrogens with one attached hydrogen (secondary N) is 3. The number of nitrogens with zero attached hydrogens (tertiary/aromatic N) is 3. The molecule has 1 aliphatic carbocycles. The van der Waals surface area contributed by atoms with Crippen LogP contribution in [0.25, 0.3) is 0 Å². The van der Waals surface area contributed by atoms with E-state index in [1.807, 2.05) is 0 Å². The van der Waals surface area contributed by atoms with Gasteiger partial charge in [0.15, 0.2) is 0 Å². The number of halogens is 3. The van der Waals surface area contributed by atoms with Gasteiger partial charge in [-0.1, -0.05) is 6.58 Å². The molecule has 1 aromatic heterocycles. The fourth-order valence-electron chi connectivity index (χ4n) is 3.19. The maximum absolute atomic E-state index is 13.4. The minimum atomic E-state index is -4.65. The van der Waals surface area contributed by atoms with Gasteiger partial charge in [0, 0.05) is 18.6 Å². The molecule has 0 saturated heterocycles. The molecule has 1 aromatic carbocycles. The minimum absolute atomic E-state index is 0.0406. The first kappa shape index (κ1) is 26.0. The average molecular weight is 497 g/mol. The topological polar surface area (TPSA) is 145 Å². The highest BCUT2D eigenvalue weighted by Gasteiger charge is 2.51. The third-order valence-corrected chi connectivity index (χ3v) is 5.29. The lowest BCUT2D eigenvalue weighted by Crippen LogP contribution is -2.49. The van der Waals surface area contributed by atoms with Crippen molar-refractivity contribution in [2.75, 3.05) is 5.32 Å². The lowest BCUT2D eigenvalue weighted by molar-refractivity contribution is -0.137. The van der Waals surface area contributed by atoms with Gasteiger partial charge < -0.3 is 21.7 Å². The normalized spacial score (nSPS) is 14.6. The third kappa shape index (κ3) is 6.26. The van der Waals surface area contributed by atoms with Crippen LogP contribution >= 0.6 is 0 Å². The van der Waals surface area contributed by atoms with Crippen molar-refractivity contribution < 1.29 is 22.8 Å². The average Bonchev–Trinajstić information content (AvgIpc) is 3.64. The van der Waals surface area contributed by atoms with Crippen molar-refractivity contribution in [1.29, 1.82) is 5.26 Å². The fourth-order valence-corrected chi connectivity index (χ4v) is 3.19. The molecule has 1 fully saturated rings. The van der Waals surface area contributed by atoms with Gasteiger partial charge in [0.25, 0.3) is 5.91 Å². The lowest BCUT2D eigenvalue weighted by Gasteiger charge is -2.17. The van der Waals surface area contributed by atoms with Gasteiger partial charge in [0.05, 0.1) is 52.6 Å². The summed E-state index contributed by atoms with van der Waals surface area (Å²) in [4.78, 5) is 32.9. The molecular weight excluding hydrogens is 475 g/mol. The van der Waals surface area contributed by atoms with Gasteiger partial charge in [-0.2, -0.15) is 18.4 Å². The Morgan fingerprint density at radius 2 is 2.03 bits per heavy atom. The largest absolute Gasteiger partial charge is 0.418 e. The summed E-state index contributed by atoms with van der Waals surface area (Å²) in [6.45, 7) is 3.45. The molecule has 0 radical (unpaired) electrons. The van der Waals surface area contributed by atoms with Crippen LogP contribution in [0.5, 0.6) is 0 Å². The molecular formula is C24H22F3N7O2. The number of benzene rings is 1. The number of carbonyl (C=O) groups excluding carboxylic acids is 2. The molecule has 5 N–H and O–H groups in total. The SMILES string of the molecule is C=CN=C/C(=C\N)C(=O)NC1(C(=O)NCc2ccc(Nc3ccc(C#N)cc3C(F)(F)F)cn2)CC1. The first-order valence-electron chi connectivity index (χ1n) is 10.6. The van der Waals surface area contributed by atoms with Crippen LogP contribution in [0.4, 0.5) is 24.5 Å². The monoisotopic (exact) mass is 497 g/mol. The number of carbonyl (C=O) groups is 2. The van der Waals surface area contributed by atoms with Gasteiger partial charge in [-0.05, 0) is 43.2 Å². The van der Waals surface area contributed by atoms with E-state index in [4.69, 9.17) is 11.0 Å². The Labute approximate surface area is 204 Å². The maximum atomic E-state index is 13.4. The first-order chi connectivity index (χ1) is 17.1. The van der Waals surface area contributed by atoms with Crippen LogP contribution in [-0.2, 0) is 22.3 Å². The molecule has 2 aromatic rings. The Kier molecular flexibility index (Phi) is 7.73. The Hall–Kier alpha value is -4.66. The smallest absolute Gasteiger partial charge is 0.404 e. The van der Waals surface area contributed by atoms with E-state index in [1.54, 1.807) is 12.1 Å². The van der Waals surface area contributed by atoms with Crippen LogP contribution in [0.2, 0.25) is 0 Å². The molecule has 3 rings (SSSR count). The summed E-state index contributed by atoms with van der Waals surface area (Å²) in [5.41, 5.74) is 3.89. The summed E-state index contributed by atoms with van der Waals surface area (Å²) in [6.07, 6.45) is 1.11. The van der Waals surface area contributed by atoms with Crippen LogP contribution in [0.3, 0.4) is 0 Å². The van der Waals surface area contributed by atoms with Gasteiger partial charge in [-0.15, -0.1) is 0 Å². The number of pyridine rings is 1. The number of amides is 2. The van der Waals surface area contributed by atoms with Gasteiger partial charge in [0.1, 0.15) is 5.54 Å². The number of hydrogen-bond acceptors (Lipinski definition) is 7. The second-order valence-electron chi connectivity index (χ2n) is 7.83. The van der Waals surface area contributed by atoms with Gasteiger partial charge >= 0.3 is 6.18 Å². The minimum Gasteiger partial charge on any atom is -0.404 e. The molecule has 2 amide bonds. The summed E-state index contributed by atoms with van der Waals surface area (Å²) in [6, 6.07) is 7.96. The van der Waals surface area contributed by atoms with E-state index in [1.165, 1.54) is 36.8 Å². The van der Waals surface area contributed by atoms with Crippen molar-refractivity contribution in [3.05, 3.63) is 77.9 Å². The van der Waals surface area contributed by atoms with Crippen LogP contribution in [-0.4, -0.2) is 28.6 Å². The van der Waals surface area contributed by atoms with Crippen molar-refractivity contribution in [3.63, 3.8) is 0 Å². The first-order valence-corrected chi connectivity index (χ1v) is 10.6. The van der Waals surface area contributed by atoms with Crippen LogP contribution in [0, 0.1) is 11.3 Å². The molecule has 0 spiro atoms. The third-order valence-electron chi connectivity index (χ3n) is 5.29. The van der Waals surface area contributed by atoms with E-state index < -0.39 is 29.1 Å². The highest BCUT2D eigenvalue weighted by molar-refractivity contribution is 6.13. The van der Waals surface area contributed by atoms with Gasteiger partial charge in [-0.3, -0.25) is 19.6 Å². The molecule has 0 aliphatic heterocycles. The molecule has 0 unspecified atom stereocenters. The van der Waals surface area contributed by atoms with E-state index in [2.05, 4.69) is 32.5 Å². The molecule has 9 nitrogen and oxygen atoms in total. The fraction of sp³-hybridized carbons (Fsp3) is 0.208. The van der Waals surface area contributed by atoms with E-state index in [0.717, 1.165) is 12.3 Å². The molecule has 36 heavy (non-hydrogen) atoms. The van der Waals surface area contributed by atoms with E-state index in [0.29, 0.717) is 18.5 Å². The van der Waals surface area contributed by atoms with E-state index >= 15 is 0 Å². The molecule has 0 bridgehead atoms. The Bertz CT molecular complexity index is 1260. The second kappa shape index (κ2) is 10.7. The number of alkyl halides is 3. The zero-order valence-corrected chi connectivity index (χ0v) is 18.9. The van der Waals surface area contributed by atoms with Gasteiger partial charge in [-0.25, -0.2) is 0 Å². The van der Waals surface area contributed by atoms with Gasteiger partial charge in [0.2, 0.25) is 5.91 Å². The number of aliphatic imine (C=N–C) groups is 1. The summed E-state index contributed by atoms with van der Waals surface area (Å²) < 4.78 is 40.1.